The maximum atomic E-state index is 12.4. The first-order valence-corrected chi connectivity index (χ1v) is 9.90. The van der Waals surface area contributed by atoms with Gasteiger partial charge in [-0.1, -0.05) is 5.16 Å². The molecule has 8 nitrogen and oxygen atoms in total. The van der Waals surface area contributed by atoms with E-state index < -0.39 is 10.0 Å². The lowest BCUT2D eigenvalue weighted by atomic mass is 10.2. The number of carbonyl (C=O) groups excluding carboxylic acids is 1. The predicted molar refractivity (Wildman–Crippen MR) is 96.9 cm³/mol. The van der Waals surface area contributed by atoms with Gasteiger partial charge in [0.1, 0.15) is 11.5 Å². The maximum Gasteiger partial charge on any atom is 0.235 e. The average molecular weight is 379 g/mol. The van der Waals surface area contributed by atoms with Crippen LogP contribution in [0.1, 0.15) is 24.3 Å². The van der Waals surface area contributed by atoms with Gasteiger partial charge in [0, 0.05) is 18.3 Å². The summed E-state index contributed by atoms with van der Waals surface area (Å²) < 4.78 is 36.4. The van der Waals surface area contributed by atoms with Gasteiger partial charge in [0.25, 0.3) is 0 Å². The summed E-state index contributed by atoms with van der Waals surface area (Å²) in [7, 11) is -1.90. The second-order valence-corrected chi connectivity index (χ2v) is 8.15. The van der Waals surface area contributed by atoms with Crippen LogP contribution in [-0.2, 0) is 21.2 Å². The van der Waals surface area contributed by atoms with Crippen LogP contribution in [0.25, 0.3) is 0 Å². The van der Waals surface area contributed by atoms with E-state index in [1.165, 1.54) is 11.4 Å². The summed E-state index contributed by atoms with van der Waals surface area (Å²) in [5.41, 5.74) is 1.46. The van der Waals surface area contributed by atoms with Crippen LogP contribution in [0.5, 0.6) is 5.75 Å². The number of amides is 1. The Hall–Kier alpha value is -2.55. The Morgan fingerprint density at radius 2 is 2.15 bits per heavy atom. The van der Waals surface area contributed by atoms with Crippen LogP contribution in [-0.4, -0.2) is 38.9 Å². The van der Waals surface area contributed by atoms with Gasteiger partial charge in [-0.05, 0) is 38.0 Å². The summed E-state index contributed by atoms with van der Waals surface area (Å²) in [6.45, 7) is 2.15. The SMILES string of the molecule is COc1ccc(NC(=O)Cc2cc(C)on2)cc1N1CCCCS1(=O)=O. The highest BCUT2D eigenvalue weighted by Gasteiger charge is 2.28. The lowest BCUT2D eigenvalue weighted by molar-refractivity contribution is -0.115. The minimum atomic E-state index is -3.38. The molecule has 140 valence electrons. The first-order chi connectivity index (χ1) is 12.4. The summed E-state index contributed by atoms with van der Waals surface area (Å²) >= 11 is 0. The number of aryl methyl sites for hydroxylation is 1. The summed E-state index contributed by atoms with van der Waals surface area (Å²) in [5, 5.41) is 6.55. The van der Waals surface area contributed by atoms with E-state index in [4.69, 9.17) is 9.26 Å². The number of methoxy groups -OCH3 is 1. The molecule has 0 spiro atoms. The standard InChI is InChI=1S/C17H21N3O5S/c1-12-9-14(19-25-12)11-17(21)18-13-5-6-16(24-2)15(10-13)20-7-3-4-8-26(20,22)23/h5-6,9-10H,3-4,7-8,11H2,1-2H3,(H,18,21). The highest BCUT2D eigenvalue weighted by Crippen LogP contribution is 2.35. The first-order valence-electron chi connectivity index (χ1n) is 8.29. The number of aromatic nitrogens is 1. The molecule has 1 aromatic carbocycles. The van der Waals surface area contributed by atoms with Crippen molar-refractivity contribution in [2.24, 2.45) is 0 Å². The van der Waals surface area contributed by atoms with Gasteiger partial charge in [0.2, 0.25) is 15.9 Å². The molecule has 26 heavy (non-hydrogen) atoms. The molecular weight excluding hydrogens is 358 g/mol. The zero-order valence-electron chi connectivity index (χ0n) is 14.7. The molecule has 1 aliphatic heterocycles. The van der Waals surface area contributed by atoms with E-state index in [1.807, 2.05) is 0 Å². The molecule has 1 fully saturated rings. The number of sulfonamides is 1. The molecule has 1 aromatic heterocycles. The maximum absolute atomic E-state index is 12.4. The van der Waals surface area contributed by atoms with Crippen molar-refractivity contribution >= 4 is 27.3 Å². The van der Waals surface area contributed by atoms with E-state index in [0.717, 1.165) is 6.42 Å². The molecule has 1 N–H and O–H groups in total. The Balaban J connectivity index is 1.81. The lowest BCUT2D eigenvalue weighted by Gasteiger charge is -2.29. The van der Waals surface area contributed by atoms with Crippen molar-refractivity contribution in [3.63, 3.8) is 0 Å². The highest BCUT2D eigenvalue weighted by molar-refractivity contribution is 7.92. The third kappa shape index (κ3) is 3.98. The minimum Gasteiger partial charge on any atom is -0.495 e. The van der Waals surface area contributed by atoms with Gasteiger partial charge in [0.05, 0.1) is 30.7 Å². The van der Waals surface area contributed by atoms with Crippen molar-refractivity contribution in [2.45, 2.75) is 26.2 Å². The fourth-order valence-electron chi connectivity index (χ4n) is 2.89. The zero-order valence-corrected chi connectivity index (χ0v) is 15.5. The zero-order chi connectivity index (χ0) is 18.7. The molecule has 1 saturated heterocycles. The van der Waals surface area contributed by atoms with E-state index in [2.05, 4.69) is 10.5 Å². The number of nitrogens with one attached hydrogen (secondary N) is 1. The third-order valence-corrected chi connectivity index (χ3v) is 5.95. The number of benzene rings is 1. The van der Waals surface area contributed by atoms with Crippen LogP contribution in [0.2, 0.25) is 0 Å². The molecule has 0 radical (unpaired) electrons. The van der Waals surface area contributed by atoms with Gasteiger partial charge in [-0.25, -0.2) is 8.42 Å². The average Bonchev–Trinajstić information content (AvgIpc) is 2.99. The largest absolute Gasteiger partial charge is 0.495 e. The van der Waals surface area contributed by atoms with E-state index in [-0.39, 0.29) is 18.1 Å². The van der Waals surface area contributed by atoms with E-state index in [1.54, 1.807) is 31.2 Å². The second kappa shape index (κ2) is 7.36. The molecule has 0 bridgehead atoms. The Bertz CT molecular complexity index is 907. The molecule has 0 aliphatic carbocycles. The van der Waals surface area contributed by atoms with Crippen LogP contribution in [0, 0.1) is 6.92 Å². The number of hydrogen-bond donors (Lipinski definition) is 1. The summed E-state index contributed by atoms with van der Waals surface area (Å²) in [6.07, 6.45) is 1.50. The van der Waals surface area contributed by atoms with Crippen LogP contribution in [0.3, 0.4) is 0 Å². The molecule has 0 atom stereocenters. The topological polar surface area (TPSA) is 102 Å². The minimum absolute atomic E-state index is 0.0702. The monoisotopic (exact) mass is 379 g/mol. The lowest BCUT2D eigenvalue weighted by Crippen LogP contribution is -2.38. The molecule has 0 unspecified atom stereocenters. The van der Waals surface area contributed by atoms with Crippen LogP contribution in [0.4, 0.5) is 11.4 Å². The summed E-state index contributed by atoms with van der Waals surface area (Å²) in [4.78, 5) is 12.2. The predicted octanol–water partition coefficient (Wildman–Crippen LogP) is 2.10. The van der Waals surface area contributed by atoms with Crippen molar-refractivity contribution < 1.29 is 22.5 Å². The van der Waals surface area contributed by atoms with E-state index >= 15 is 0 Å². The Morgan fingerprint density at radius 3 is 2.81 bits per heavy atom. The first kappa shape index (κ1) is 18.2. The number of rotatable bonds is 5. The molecule has 1 amide bonds. The highest BCUT2D eigenvalue weighted by atomic mass is 32.2. The Morgan fingerprint density at radius 1 is 1.35 bits per heavy atom. The number of nitrogens with zero attached hydrogens (tertiary/aromatic N) is 2. The molecule has 3 rings (SSSR count). The second-order valence-electron chi connectivity index (χ2n) is 6.14. The van der Waals surface area contributed by atoms with Gasteiger partial charge in [0.15, 0.2) is 0 Å². The number of carbonyl (C=O) groups is 1. The van der Waals surface area contributed by atoms with Gasteiger partial charge in [-0.15, -0.1) is 0 Å². The number of hydrogen-bond acceptors (Lipinski definition) is 6. The summed E-state index contributed by atoms with van der Waals surface area (Å²) in [6, 6.07) is 6.63. The van der Waals surface area contributed by atoms with Gasteiger partial charge in [-0.3, -0.25) is 9.10 Å². The third-order valence-electron chi connectivity index (χ3n) is 4.10. The van der Waals surface area contributed by atoms with Crippen molar-refractivity contribution in [1.29, 1.82) is 0 Å². The van der Waals surface area contributed by atoms with Crippen molar-refractivity contribution in [1.82, 2.24) is 5.16 Å². The molecule has 0 saturated carbocycles. The van der Waals surface area contributed by atoms with Crippen molar-refractivity contribution in [3.05, 3.63) is 35.7 Å². The van der Waals surface area contributed by atoms with Crippen LogP contribution < -0.4 is 14.4 Å². The van der Waals surface area contributed by atoms with Gasteiger partial charge in [-0.2, -0.15) is 0 Å². The normalized spacial score (nSPS) is 16.3. The molecule has 2 aromatic rings. The summed E-state index contributed by atoms with van der Waals surface area (Å²) in [5.74, 6) is 0.921. The quantitative estimate of drug-likeness (QED) is 0.854. The molecular formula is C17H21N3O5S. The van der Waals surface area contributed by atoms with Crippen LogP contribution >= 0.6 is 0 Å². The fourth-order valence-corrected chi connectivity index (χ4v) is 4.53. The molecule has 1 aliphatic rings. The Kier molecular flexibility index (Phi) is 5.17. The Labute approximate surface area is 152 Å². The van der Waals surface area contributed by atoms with Gasteiger partial charge < -0.3 is 14.6 Å². The van der Waals surface area contributed by atoms with Crippen molar-refractivity contribution in [2.75, 3.05) is 29.0 Å². The van der Waals surface area contributed by atoms with Crippen LogP contribution in [0.15, 0.2) is 28.8 Å². The fraction of sp³-hybridized carbons (Fsp3) is 0.412. The van der Waals surface area contributed by atoms with E-state index in [9.17, 15) is 13.2 Å². The number of ether oxygens (including phenoxy) is 1. The van der Waals surface area contributed by atoms with Crippen molar-refractivity contribution in [3.8, 4) is 5.75 Å². The molecule has 9 heteroatoms. The smallest absolute Gasteiger partial charge is 0.235 e. The van der Waals surface area contributed by atoms with E-state index in [0.29, 0.717) is 41.5 Å². The number of anilines is 2. The molecule has 2 heterocycles. The van der Waals surface area contributed by atoms with Gasteiger partial charge >= 0.3 is 0 Å².